The number of carbonyl (C=O) groups excluding carboxylic acids is 1. The first-order chi connectivity index (χ1) is 20.0. The highest BCUT2D eigenvalue weighted by atomic mass is 19.1. The van der Waals surface area contributed by atoms with Crippen LogP contribution in [0.15, 0.2) is 66.9 Å². The molecule has 8 nitrogen and oxygen atoms in total. The summed E-state index contributed by atoms with van der Waals surface area (Å²) in [6.45, 7) is 5.98. The molecule has 2 N–H and O–H groups in total. The van der Waals surface area contributed by atoms with Crippen molar-refractivity contribution in [2.24, 2.45) is 0 Å². The first kappa shape index (κ1) is 28.2. The second-order valence-corrected chi connectivity index (χ2v) is 9.96. The average molecular weight is 559 g/mol. The molecule has 1 aromatic heterocycles. The molecule has 0 bridgehead atoms. The second kappa shape index (κ2) is 13.3. The van der Waals surface area contributed by atoms with E-state index in [1.165, 1.54) is 30.5 Å². The van der Waals surface area contributed by atoms with Crippen LogP contribution >= 0.6 is 0 Å². The van der Waals surface area contributed by atoms with Gasteiger partial charge in [-0.3, -0.25) is 4.98 Å². The van der Waals surface area contributed by atoms with E-state index in [1.54, 1.807) is 31.5 Å². The van der Waals surface area contributed by atoms with Crippen LogP contribution in [0.1, 0.15) is 31.7 Å². The Bertz CT molecular complexity index is 1490. The summed E-state index contributed by atoms with van der Waals surface area (Å²) in [6, 6.07) is 16.6. The van der Waals surface area contributed by atoms with Gasteiger partial charge in [-0.05, 0) is 80.7 Å². The lowest BCUT2D eigenvalue weighted by Crippen LogP contribution is -2.21. The third-order valence-electron chi connectivity index (χ3n) is 7.09. The summed E-state index contributed by atoms with van der Waals surface area (Å²) < 4.78 is 32.6. The summed E-state index contributed by atoms with van der Waals surface area (Å²) in [4.78, 5) is 19.3. The molecule has 0 unspecified atom stereocenters. The van der Waals surface area contributed by atoms with Gasteiger partial charge in [-0.25, -0.2) is 9.18 Å². The van der Waals surface area contributed by atoms with Gasteiger partial charge in [0.25, 0.3) is 0 Å². The quantitative estimate of drug-likeness (QED) is 0.189. The number of hydrogen-bond acceptors (Lipinski definition) is 6. The number of hydrogen-bond donors (Lipinski definition) is 2. The smallest absolute Gasteiger partial charge is 0.323 e. The number of amides is 2. The zero-order valence-corrected chi connectivity index (χ0v) is 23.4. The van der Waals surface area contributed by atoms with Crippen LogP contribution in [-0.4, -0.2) is 49.3 Å². The molecule has 2 heterocycles. The van der Waals surface area contributed by atoms with Gasteiger partial charge >= 0.3 is 6.03 Å². The van der Waals surface area contributed by atoms with Gasteiger partial charge in [0.1, 0.15) is 5.75 Å². The normalized spacial score (nSPS) is 13.2. The lowest BCUT2D eigenvalue weighted by molar-refractivity contribution is 0.254. The largest absolute Gasteiger partial charge is 0.493 e. The molecule has 41 heavy (non-hydrogen) atoms. The van der Waals surface area contributed by atoms with Crippen molar-refractivity contribution in [1.29, 1.82) is 0 Å². The lowest BCUT2D eigenvalue weighted by Gasteiger charge is -2.16. The number of fused-ring (bicyclic) bond motifs is 1. The molecule has 1 saturated heterocycles. The molecule has 9 heteroatoms. The fraction of sp³-hybridized carbons (Fsp3) is 0.312. The van der Waals surface area contributed by atoms with Gasteiger partial charge in [-0.15, -0.1) is 0 Å². The number of halogens is 1. The highest BCUT2D eigenvalue weighted by molar-refractivity contribution is 5.99. The minimum atomic E-state index is -0.620. The Hall–Kier alpha value is -4.37. The Morgan fingerprint density at radius 1 is 0.927 bits per heavy atom. The molecular formula is C32H35FN4O4. The average Bonchev–Trinajstić information content (AvgIpc) is 3.50. The Kier molecular flexibility index (Phi) is 9.15. The zero-order chi connectivity index (χ0) is 28.6. The first-order valence-electron chi connectivity index (χ1n) is 14.0. The van der Waals surface area contributed by atoms with E-state index < -0.39 is 11.8 Å². The van der Waals surface area contributed by atoms with Gasteiger partial charge < -0.3 is 29.7 Å². The van der Waals surface area contributed by atoms with E-state index in [9.17, 15) is 4.79 Å². The minimum Gasteiger partial charge on any atom is -0.493 e. The van der Waals surface area contributed by atoms with Crippen LogP contribution in [0, 0.1) is 5.82 Å². The Labute approximate surface area is 239 Å². The van der Waals surface area contributed by atoms with E-state index in [0.717, 1.165) is 32.5 Å². The summed E-state index contributed by atoms with van der Waals surface area (Å²) in [5.74, 6) is 0.964. The van der Waals surface area contributed by atoms with Crippen molar-refractivity contribution in [3.63, 3.8) is 0 Å². The molecule has 2 amide bonds. The molecule has 0 aliphatic carbocycles. The molecule has 5 rings (SSSR count). The fourth-order valence-corrected chi connectivity index (χ4v) is 4.86. The van der Waals surface area contributed by atoms with Gasteiger partial charge in [0, 0.05) is 41.6 Å². The molecule has 0 radical (unpaired) electrons. The predicted molar refractivity (Wildman–Crippen MR) is 159 cm³/mol. The molecule has 214 valence electrons. The van der Waals surface area contributed by atoms with Gasteiger partial charge in [0.05, 0.1) is 19.2 Å². The number of pyridine rings is 1. The number of carbonyl (C=O) groups is 1. The molecule has 1 aliphatic heterocycles. The van der Waals surface area contributed by atoms with Crippen molar-refractivity contribution in [3.05, 3.63) is 78.2 Å². The number of methoxy groups -OCH3 is 1. The highest BCUT2D eigenvalue weighted by Crippen LogP contribution is 2.38. The van der Waals surface area contributed by atoms with Crippen LogP contribution in [-0.2, 0) is 6.42 Å². The van der Waals surface area contributed by atoms with Crippen LogP contribution in [0.5, 0.6) is 23.0 Å². The molecule has 0 spiro atoms. The molecular weight excluding hydrogens is 523 g/mol. The summed E-state index contributed by atoms with van der Waals surface area (Å²) in [5.41, 5.74) is 2.76. The SMILES string of the molecule is CCc1ccc(NC(=O)Nc2ccc(Oc3ccnc4cc(OCCCN5CCCC5)c(OC)cc34)c(F)c2)cc1. The monoisotopic (exact) mass is 558 g/mol. The Morgan fingerprint density at radius 3 is 2.41 bits per heavy atom. The van der Waals surface area contributed by atoms with E-state index in [-0.39, 0.29) is 5.75 Å². The van der Waals surface area contributed by atoms with Crippen molar-refractivity contribution in [3.8, 4) is 23.0 Å². The minimum absolute atomic E-state index is 0.0137. The maximum Gasteiger partial charge on any atom is 0.323 e. The summed E-state index contributed by atoms with van der Waals surface area (Å²) in [5, 5.41) is 6.05. The van der Waals surface area contributed by atoms with Crippen LogP contribution < -0.4 is 24.8 Å². The number of benzene rings is 3. The molecule has 3 aromatic carbocycles. The number of nitrogens with one attached hydrogen (secondary N) is 2. The summed E-state index contributed by atoms with van der Waals surface area (Å²) in [6.07, 6.45) is 5.98. The van der Waals surface area contributed by atoms with Gasteiger partial charge in [-0.2, -0.15) is 0 Å². The van der Waals surface area contributed by atoms with E-state index in [2.05, 4.69) is 27.4 Å². The maximum atomic E-state index is 15.0. The van der Waals surface area contributed by atoms with Crippen molar-refractivity contribution in [1.82, 2.24) is 9.88 Å². The predicted octanol–water partition coefficient (Wildman–Crippen LogP) is 7.25. The second-order valence-electron chi connectivity index (χ2n) is 9.96. The van der Waals surface area contributed by atoms with E-state index in [4.69, 9.17) is 14.2 Å². The fourth-order valence-electron chi connectivity index (χ4n) is 4.86. The molecule has 1 fully saturated rings. The van der Waals surface area contributed by atoms with Gasteiger partial charge in [-0.1, -0.05) is 19.1 Å². The maximum absolute atomic E-state index is 15.0. The number of ether oxygens (including phenoxy) is 3. The van der Waals surface area contributed by atoms with Gasteiger partial charge in [0.2, 0.25) is 0 Å². The summed E-state index contributed by atoms with van der Waals surface area (Å²) >= 11 is 0. The molecule has 0 atom stereocenters. The van der Waals surface area contributed by atoms with Crippen LogP contribution in [0.4, 0.5) is 20.6 Å². The molecule has 1 aliphatic rings. The van der Waals surface area contributed by atoms with Crippen molar-refractivity contribution >= 4 is 28.3 Å². The molecule has 4 aromatic rings. The van der Waals surface area contributed by atoms with Crippen LogP contribution in [0.2, 0.25) is 0 Å². The number of urea groups is 1. The number of rotatable bonds is 11. The zero-order valence-electron chi connectivity index (χ0n) is 23.4. The topological polar surface area (TPSA) is 85.0 Å². The highest BCUT2D eigenvalue weighted by Gasteiger charge is 2.15. The third kappa shape index (κ3) is 7.24. The van der Waals surface area contributed by atoms with Crippen LogP contribution in [0.3, 0.4) is 0 Å². The van der Waals surface area contributed by atoms with Crippen molar-refractivity contribution in [2.45, 2.75) is 32.6 Å². The number of aromatic nitrogens is 1. The van der Waals surface area contributed by atoms with E-state index >= 15 is 4.39 Å². The van der Waals surface area contributed by atoms with Crippen molar-refractivity contribution in [2.75, 3.05) is 44.0 Å². The number of aryl methyl sites for hydroxylation is 1. The number of likely N-dealkylation sites (tertiary alicyclic amines) is 1. The van der Waals surface area contributed by atoms with Crippen LogP contribution in [0.25, 0.3) is 10.9 Å². The Balaban J connectivity index is 1.24. The standard InChI is InChI=1S/C32H35FN4O4/c1-3-22-7-9-23(10-8-22)35-32(38)36-24-11-12-29(26(33)19-24)41-28-13-14-34-27-21-31(30(39-2)20-25(27)28)40-18-6-17-37-15-4-5-16-37/h7-14,19-21H,3-6,15-18H2,1-2H3,(H2,35,36,38). The Morgan fingerprint density at radius 2 is 1.68 bits per heavy atom. The van der Waals surface area contributed by atoms with Crippen molar-refractivity contribution < 1.29 is 23.4 Å². The van der Waals surface area contributed by atoms with E-state index in [1.807, 2.05) is 30.3 Å². The van der Waals surface area contributed by atoms with E-state index in [0.29, 0.717) is 46.1 Å². The summed E-state index contributed by atoms with van der Waals surface area (Å²) in [7, 11) is 1.58. The third-order valence-corrected chi connectivity index (χ3v) is 7.09. The molecule has 0 saturated carbocycles. The van der Waals surface area contributed by atoms with Gasteiger partial charge in [0.15, 0.2) is 23.1 Å². The lowest BCUT2D eigenvalue weighted by atomic mass is 10.1. The first-order valence-corrected chi connectivity index (χ1v) is 14.0. The number of nitrogens with zero attached hydrogens (tertiary/aromatic N) is 2. The number of anilines is 2.